The molecule has 2 N–H and O–H groups in total. The average Bonchev–Trinajstić information content (AvgIpc) is 2.38. The maximum Gasteiger partial charge on any atom is 0.342 e. The van der Waals surface area contributed by atoms with Crippen molar-refractivity contribution in [1.82, 2.24) is 4.98 Å². The lowest BCUT2D eigenvalue weighted by atomic mass is 10.1. The monoisotopic (exact) mass is 297 g/mol. The van der Waals surface area contributed by atoms with Gasteiger partial charge in [0.1, 0.15) is 17.2 Å². The number of pyridine rings is 1. The second kappa shape index (κ2) is 5.88. The van der Waals surface area contributed by atoms with Gasteiger partial charge in [0.15, 0.2) is 14.9 Å². The van der Waals surface area contributed by atoms with Crippen LogP contribution < -0.4 is 5.73 Å². The predicted molar refractivity (Wildman–Crippen MR) is 71.8 cm³/mol. The number of hydrogen-bond donors (Lipinski definition) is 1. The third kappa shape index (κ3) is 2.72. The molecule has 1 rings (SSSR count). The third-order valence-corrected chi connectivity index (χ3v) is 4.29. The Hall–Kier alpha value is -2.14. The van der Waals surface area contributed by atoms with Crippen molar-refractivity contribution in [2.45, 2.75) is 25.8 Å². The van der Waals surface area contributed by atoms with E-state index in [1.807, 2.05) is 0 Å². The van der Waals surface area contributed by atoms with E-state index in [1.165, 1.54) is 13.8 Å². The Balaban J connectivity index is 3.67. The lowest BCUT2D eigenvalue weighted by Gasteiger charge is -2.12. The molecule has 0 aliphatic heterocycles. The standard InChI is InChI=1S/C12H15N3O4S/c1-4-19-12(16)9-7(3)15-11(20(17,18)5-2)8(6-13)10(9)14/h4-5H2,1-3H3,(H2,14,15). The number of carbonyl (C=O) groups excluding carboxylic acids is 1. The van der Waals surface area contributed by atoms with Gasteiger partial charge in [-0.1, -0.05) is 6.92 Å². The van der Waals surface area contributed by atoms with Crippen LogP contribution in [0.25, 0.3) is 0 Å². The molecule has 7 nitrogen and oxygen atoms in total. The Morgan fingerprint density at radius 1 is 1.45 bits per heavy atom. The number of nitrogens with zero attached hydrogens (tertiary/aromatic N) is 2. The summed E-state index contributed by atoms with van der Waals surface area (Å²) in [4.78, 5) is 15.6. The van der Waals surface area contributed by atoms with Crippen LogP contribution >= 0.6 is 0 Å². The van der Waals surface area contributed by atoms with Gasteiger partial charge in [0.05, 0.1) is 23.7 Å². The molecule has 0 spiro atoms. The molecule has 0 unspecified atom stereocenters. The molecule has 0 saturated carbocycles. The summed E-state index contributed by atoms with van der Waals surface area (Å²) in [5.41, 5.74) is 5.26. The van der Waals surface area contributed by atoms with Crippen molar-refractivity contribution in [3.8, 4) is 6.07 Å². The zero-order chi connectivity index (χ0) is 15.5. The highest BCUT2D eigenvalue weighted by atomic mass is 32.2. The van der Waals surface area contributed by atoms with Gasteiger partial charge in [-0.2, -0.15) is 5.26 Å². The van der Waals surface area contributed by atoms with Crippen LogP contribution in [0.3, 0.4) is 0 Å². The number of aromatic nitrogens is 1. The molecule has 0 aliphatic carbocycles. The number of hydrogen-bond acceptors (Lipinski definition) is 7. The molecule has 1 aromatic heterocycles. The number of carbonyl (C=O) groups is 1. The van der Waals surface area contributed by atoms with Crippen molar-refractivity contribution in [1.29, 1.82) is 5.26 Å². The van der Waals surface area contributed by atoms with Gasteiger partial charge in [-0.3, -0.25) is 0 Å². The molecular weight excluding hydrogens is 282 g/mol. The number of esters is 1. The summed E-state index contributed by atoms with van der Waals surface area (Å²) in [7, 11) is -3.71. The lowest BCUT2D eigenvalue weighted by molar-refractivity contribution is 0.0526. The predicted octanol–water partition coefficient (Wildman–Crippen LogP) is 0.814. The van der Waals surface area contributed by atoms with Gasteiger partial charge in [-0.05, 0) is 13.8 Å². The maximum absolute atomic E-state index is 11.9. The van der Waals surface area contributed by atoms with E-state index in [0.717, 1.165) is 0 Å². The van der Waals surface area contributed by atoms with Gasteiger partial charge in [0.2, 0.25) is 0 Å². The average molecular weight is 297 g/mol. The summed E-state index contributed by atoms with van der Waals surface area (Å²) in [5, 5.41) is 8.70. The van der Waals surface area contributed by atoms with Crippen molar-refractivity contribution >= 4 is 21.5 Å². The molecular formula is C12H15N3O4S. The Kier molecular flexibility index (Phi) is 4.68. The second-order valence-corrected chi connectivity index (χ2v) is 6.10. The molecule has 0 bridgehead atoms. The Morgan fingerprint density at radius 3 is 2.50 bits per heavy atom. The van der Waals surface area contributed by atoms with Crippen LogP contribution in [-0.2, 0) is 14.6 Å². The maximum atomic E-state index is 11.9. The number of rotatable bonds is 4. The van der Waals surface area contributed by atoms with Crippen LogP contribution in [0, 0.1) is 18.3 Å². The Bertz CT molecular complexity index is 690. The zero-order valence-electron chi connectivity index (χ0n) is 11.4. The quantitative estimate of drug-likeness (QED) is 0.815. The minimum Gasteiger partial charge on any atom is -0.462 e. The Labute approximate surface area is 117 Å². The van der Waals surface area contributed by atoms with Crippen molar-refractivity contribution in [3.63, 3.8) is 0 Å². The number of anilines is 1. The fourth-order valence-corrected chi connectivity index (χ4v) is 2.65. The largest absolute Gasteiger partial charge is 0.462 e. The van der Waals surface area contributed by atoms with Crippen LogP contribution in [-0.4, -0.2) is 31.7 Å². The first-order chi connectivity index (χ1) is 9.30. The number of sulfone groups is 1. The zero-order valence-corrected chi connectivity index (χ0v) is 12.2. The molecule has 0 atom stereocenters. The molecule has 0 aliphatic rings. The summed E-state index contributed by atoms with van der Waals surface area (Å²) in [6.45, 7) is 4.63. The smallest absolute Gasteiger partial charge is 0.342 e. The van der Waals surface area contributed by atoms with E-state index in [4.69, 9.17) is 15.7 Å². The highest BCUT2D eigenvalue weighted by Gasteiger charge is 2.27. The van der Waals surface area contributed by atoms with Crippen molar-refractivity contribution < 1.29 is 17.9 Å². The molecule has 0 aromatic carbocycles. The summed E-state index contributed by atoms with van der Waals surface area (Å²) in [5.74, 6) is -0.946. The molecule has 108 valence electrons. The van der Waals surface area contributed by atoms with E-state index in [2.05, 4.69) is 4.98 Å². The van der Waals surface area contributed by atoms with Gasteiger partial charge in [-0.15, -0.1) is 0 Å². The molecule has 0 radical (unpaired) electrons. The van der Waals surface area contributed by atoms with E-state index >= 15 is 0 Å². The minimum atomic E-state index is -3.71. The topological polar surface area (TPSA) is 123 Å². The summed E-state index contributed by atoms with van der Waals surface area (Å²) in [6.07, 6.45) is 0. The van der Waals surface area contributed by atoms with Crippen LogP contribution in [0.15, 0.2) is 5.03 Å². The van der Waals surface area contributed by atoms with Gasteiger partial charge in [0.25, 0.3) is 0 Å². The van der Waals surface area contributed by atoms with Crippen LogP contribution in [0.1, 0.15) is 35.5 Å². The van der Waals surface area contributed by atoms with E-state index < -0.39 is 20.8 Å². The second-order valence-electron chi connectivity index (χ2n) is 3.90. The fraction of sp³-hybridized carbons (Fsp3) is 0.417. The van der Waals surface area contributed by atoms with Crippen molar-refractivity contribution in [2.75, 3.05) is 18.1 Å². The van der Waals surface area contributed by atoms with Gasteiger partial charge >= 0.3 is 5.97 Å². The number of aryl methyl sites for hydroxylation is 1. The van der Waals surface area contributed by atoms with Crippen molar-refractivity contribution in [2.24, 2.45) is 0 Å². The molecule has 1 aromatic rings. The molecule has 1 heterocycles. The highest BCUT2D eigenvalue weighted by molar-refractivity contribution is 7.91. The molecule has 0 saturated heterocycles. The summed E-state index contributed by atoms with van der Waals surface area (Å²) < 4.78 is 28.6. The van der Waals surface area contributed by atoms with Crippen LogP contribution in [0.4, 0.5) is 5.69 Å². The van der Waals surface area contributed by atoms with E-state index in [1.54, 1.807) is 13.0 Å². The van der Waals surface area contributed by atoms with Gasteiger partial charge < -0.3 is 10.5 Å². The van der Waals surface area contributed by atoms with E-state index in [-0.39, 0.29) is 34.9 Å². The molecule has 20 heavy (non-hydrogen) atoms. The van der Waals surface area contributed by atoms with Gasteiger partial charge in [0, 0.05) is 0 Å². The summed E-state index contributed by atoms with van der Waals surface area (Å²) in [6, 6.07) is 1.69. The van der Waals surface area contributed by atoms with E-state index in [9.17, 15) is 13.2 Å². The fourth-order valence-electron chi connectivity index (χ4n) is 1.63. The first-order valence-corrected chi connectivity index (χ1v) is 7.55. The summed E-state index contributed by atoms with van der Waals surface area (Å²) >= 11 is 0. The number of nitrogen functional groups attached to an aromatic ring is 1. The Morgan fingerprint density at radius 2 is 2.05 bits per heavy atom. The third-order valence-electron chi connectivity index (χ3n) is 2.65. The first-order valence-electron chi connectivity index (χ1n) is 5.90. The van der Waals surface area contributed by atoms with E-state index in [0.29, 0.717) is 0 Å². The number of nitrogens with two attached hydrogens (primary N) is 1. The SMILES string of the molecule is CCOC(=O)c1c(C)nc(S(=O)(=O)CC)c(C#N)c1N. The molecule has 0 fully saturated rings. The number of nitriles is 1. The lowest BCUT2D eigenvalue weighted by Crippen LogP contribution is -2.17. The highest BCUT2D eigenvalue weighted by Crippen LogP contribution is 2.26. The normalized spacial score (nSPS) is 10.9. The molecule has 0 amide bonds. The minimum absolute atomic E-state index is 0.0709. The van der Waals surface area contributed by atoms with Crippen molar-refractivity contribution in [3.05, 3.63) is 16.8 Å². The first kappa shape index (κ1) is 15.9. The van der Waals surface area contributed by atoms with Crippen LogP contribution in [0.5, 0.6) is 0 Å². The number of ether oxygens (including phenoxy) is 1. The molecule has 8 heteroatoms. The van der Waals surface area contributed by atoms with Gasteiger partial charge in [-0.25, -0.2) is 18.2 Å². The van der Waals surface area contributed by atoms with Crippen LogP contribution in [0.2, 0.25) is 0 Å².